The SMILES string of the molecule is CC(=O)/C=C(/C)O.Cc1ccc2c(n1)oc1c(-c3cc4cc(-c5ccc(C(C)(C)C)cc5)sc4cn3)[c-]ccc12.[Ir]. The minimum atomic E-state index is -0.125. The number of benzene rings is 2. The number of furan rings is 1. The Labute approximate surface area is 257 Å². The van der Waals surface area contributed by atoms with E-state index in [1.165, 1.54) is 46.0 Å². The molecule has 0 aliphatic carbocycles. The molecule has 0 aliphatic rings. The Morgan fingerprint density at radius 3 is 2.39 bits per heavy atom. The van der Waals surface area contributed by atoms with Crippen LogP contribution in [-0.2, 0) is 30.3 Å². The van der Waals surface area contributed by atoms with Crippen LogP contribution >= 0.6 is 11.3 Å². The molecule has 4 heterocycles. The van der Waals surface area contributed by atoms with Crippen molar-refractivity contribution in [3.63, 3.8) is 0 Å². The van der Waals surface area contributed by atoms with Gasteiger partial charge in [0.15, 0.2) is 5.78 Å². The number of nitrogens with zero attached hydrogens (tertiary/aromatic N) is 2. The van der Waals surface area contributed by atoms with E-state index in [1.807, 2.05) is 31.3 Å². The Hall–Kier alpha value is -3.64. The summed E-state index contributed by atoms with van der Waals surface area (Å²) in [6.07, 6.45) is 3.13. The third-order valence-electron chi connectivity index (χ3n) is 6.55. The van der Waals surface area contributed by atoms with Crippen LogP contribution in [0.25, 0.3) is 53.9 Å². The summed E-state index contributed by atoms with van der Waals surface area (Å²) in [5, 5.41) is 11.6. The zero-order chi connectivity index (χ0) is 28.6. The summed E-state index contributed by atoms with van der Waals surface area (Å²) in [7, 11) is 0. The fourth-order valence-corrected chi connectivity index (χ4v) is 5.58. The van der Waals surface area contributed by atoms with Gasteiger partial charge in [-0.2, -0.15) is 0 Å². The van der Waals surface area contributed by atoms with Crippen LogP contribution < -0.4 is 0 Å². The number of hydrogen-bond donors (Lipinski definition) is 1. The summed E-state index contributed by atoms with van der Waals surface area (Å²) in [6.45, 7) is 11.5. The Balaban J connectivity index is 0.000000434. The van der Waals surface area contributed by atoms with Crippen molar-refractivity contribution in [1.82, 2.24) is 9.97 Å². The summed E-state index contributed by atoms with van der Waals surface area (Å²) >= 11 is 1.77. The normalized spacial score (nSPS) is 11.8. The molecule has 7 heteroatoms. The first-order valence-electron chi connectivity index (χ1n) is 13.1. The van der Waals surface area contributed by atoms with E-state index >= 15 is 0 Å². The largest absolute Gasteiger partial charge is 0.512 e. The van der Waals surface area contributed by atoms with E-state index < -0.39 is 0 Å². The van der Waals surface area contributed by atoms with Crippen molar-refractivity contribution in [2.45, 2.75) is 47.0 Å². The van der Waals surface area contributed by atoms with Crippen molar-refractivity contribution in [3.8, 4) is 21.7 Å². The number of aromatic nitrogens is 2. The quantitative estimate of drug-likeness (QED) is 0.111. The van der Waals surface area contributed by atoms with Crippen molar-refractivity contribution in [2.24, 2.45) is 0 Å². The predicted molar refractivity (Wildman–Crippen MR) is 165 cm³/mol. The molecule has 0 unspecified atom stereocenters. The molecular formula is C34H31IrN2O3S-. The second-order valence-electron chi connectivity index (χ2n) is 10.9. The maximum absolute atomic E-state index is 10.0. The number of pyridine rings is 2. The third-order valence-corrected chi connectivity index (χ3v) is 7.68. The van der Waals surface area contributed by atoms with Crippen molar-refractivity contribution >= 4 is 49.3 Å². The van der Waals surface area contributed by atoms with Gasteiger partial charge < -0.3 is 14.5 Å². The molecule has 1 N–H and O–H groups in total. The fourth-order valence-electron chi connectivity index (χ4n) is 4.56. The van der Waals surface area contributed by atoms with Crippen LogP contribution in [0.2, 0.25) is 0 Å². The van der Waals surface area contributed by atoms with Crippen LogP contribution in [0.4, 0.5) is 0 Å². The number of carbonyl (C=O) groups is 1. The predicted octanol–water partition coefficient (Wildman–Crippen LogP) is 9.37. The van der Waals surface area contributed by atoms with E-state index in [4.69, 9.17) is 14.5 Å². The number of thiophene rings is 1. The van der Waals surface area contributed by atoms with Gasteiger partial charge >= 0.3 is 0 Å². The standard InChI is InChI=1S/C29H23N2OS.C5H8O2.Ir/c1-17-8-13-22-21-6-5-7-23(27(21)32-28(22)31-17)24-14-19-15-25(33-26(19)16-30-24)18-9-11-20(12-10-18)29(2,3)4;1-4(6)3-5(2)7;/h5-6,8-16H,1-4H3;3,6H,1-2H3;/q-1;;/b;4-3-;. The van der Waals surface area contributed by atoms with E-state index in [0.29, 0.717) is 5.71 Å². The van der Waals surface area contributed by atoms with Gasteiger partial charge in [-0.1, -0.05) is 62.1 Å². The zero-order valence-corrected chi connectivity index (χ0v) is 27.0. The molecule has 211 valence electrons. The van der Waals surface area contributed by atoms with Gasteiger partial charge in [0.05, 0.1) is 16.0 Å². The number of allylic oxidation sites excluding steroid dienone is 2. The maximum Gasteiger partial charge on any atom is 0.216 e. The van der Waals surface area contributed by atoms with E-state index in [9.17, 15) is 4.79 Å². The van der Waals surface area contributed by atoms with Crippen molar-refractivity contribution in [3.05, 3.63) is 96.0 Å². The Kier molecular flexibility index (Phi) is 8.93. The van der Waals surface area contributed by atoms with Gasteiger partial charge in [0, 0.05) is 48.3 Å². The van der Waals surface area contributed by atoms with Gasteiger partial charge in [-0.05, 0) is 66.6 Å². The first kappa shape index (κ1) is 30.3. The van der Waals surface area contributed by atoms with E-state index in [-0.39, 0.29) is 37.1 Å². The van der Waals surface area contributed by atoms with Crippen molar-refractivity contribution in [1.29, 1.82) is 0 Å². The number of aliphatic hydroxyl groups is 1. The van der Waals surface area contributed by atoms with Gasteiger partial charge in [0.25, 0.3) is 0 Å². The van der Waals surface area contributed by atoms with E-state index in [2.05, 4.69) is 74.3 Å². The molecular weight excluding hydrogens is 709 g/mol. The van der Waals surface area contributed by atoms with Crippen LogP contribution in [0, 0.1) is 13.0 Å². The number of aryl methyl sites for hydroxylation is 1. The van der Waals surface area contributed by atoms with Crippen LogP contribution in [0.15, 0.2) is 83.1 Å². The smallest absolute Gasteiger partial charge is 0.216 e. The van der Waals surface area contributed by atoms with E-state index in [1.54, 1.807) is 11.3 Å². The molecule has 6 rings (SSSR count). The average Bonchev–Trinajstić information content (AvgIpc) is 3.48. The second-order valence-corrected chi connectivity index (χ2v) is 12.0. The Bertz CT molecular complexity index is 1890. The minimum absolute atomic E-state index is 0. The fraction of sp³-hybridized carbons (Fsp3) is 0.206. The van der Waals surface area contributed by atoms with Crippen molar-refractivity contribution < 1.29 is 34.4 Å². The molecule has 0 spiro atoms. The molecule has 0 saturated carbocycles. The summed E-state index contributed by atoms with van der Waals surface area (Å²) in [4.78, 5) is 20.6. The summed E-state index contributed by atoms with van der Waals surface area (Å²) < 4.78 is 7.33. The van der Waals surface area contributed by atoms with Gasteiger partial charge in [0.2, 0.25) is 5.71 Å². The molecule has 0 bridgehead atoms. The third kappa shape index (κ3) is 6.65. The zero-order valence-electron chi connectivity index (χ0n) is 23.8. The van der Waals surface area contributed by atoms with Crippen LogP contribution in [-0.4, -0.2) is 20.9 Å². The Morgan fingerprint density at radius 2 is 1.76 bits per heavy atom. The summed E-state index contributed by atoms with van der Waals surface area (Å²) in [5.41, 5.74) is 6.83. The number of ketones is 1. The molecule has 41 heavy (non-hydrogen) atoms. The van der Waals surface area contributed by atoms with Crippen molar-refractivity contribution in [2.75, 3.05) is 0 Å². The molecule has 2 aromatic carbocycles. The molecule has 0 amide bonds. The van der Waals surface area contributed by atoms with Gasteiger partial charge in [0.1, 0.15) is 0 Å². The van der Waals surface area contributed by atoms with Crippen LogP contribution in [0.3, 0.4) is 0 Å². The van der Waals surface area contributed by atoms with Gasteiger partial charge in [-0.15, -0.1) is 29.5 Å². The number of fused-ring (bicyclic) bond motifs is 4. The topological polar surface area (TPSA) is 76.2 Å². The number of carbonyl (C=O) groups excluding carboxylic acids is 1. The van der Waals surface area contributed by atoms with E-state index in [0.717, 1.165) is 33.3 Å². The Morgan fingerprint density at radius 1 is 1.02 bits per heavy atom. The molecule has 0 aliphatic heterocycles. The second kappa shape index (κ2) is 12.1. The number of hydrogen-bond acceptors (Lipinski definition) is 6. The molecule has 0 saturated heterocycles. The molecule has 5 nitrogen and oxygen atoms in total. The molecule has 6 aromatic rings. The molecule has 4 aromatic heterocycles. The monoisotopic (exact) mass is 740 g/mol. The molecule has 1 radical (unpaired) electrons. The first-order valence-corrected chi connectivity index (χ1v) is 13.9. The number of aliphatic hydroxyl groups excluding tert-OH is 1. The van der Waals surface area contributed by atoms with Gasteiger partial charge in [-0.3, -0.25) is 4.79 Å². The van der Waals surface area contributed by atoms with Gasteiger partial charge in [-0.25, -0.2) is 4.98 Å². The summed E-state index contributed by atoms with van der Waals surface area (Å²) in [6, 6.07) is 24.7. The number of rotatable bonds is 3. The summed E-state index contributed by atoms with van der Waals surface area (Å²) in [5.74, 6) is -0.0625. The maximum atomic E-state index is 10.0. The first-order chi connectivity index (χ1) is 19.0. The average molecular weight is 740 g/mol. The van der Waals surface area contributed by atoms with Crippen LogP contribution in [0.1, 0.15) is 45.9 Å². The molecule has 0 fully saturated rings. The van der Waals surface area contributed by atoms with Crippen LogP contribution in [0.5, 0.6) is 0 Å². The minimum Gasteiger partial charge on any atom is -0.512 e. The molecule has 0 atom stereocenters.